The number of aromatic nitrogens is 2. The quantitative estimate of drug-likeness (QED) is 0.698. The first-order valence-electron chi connectivity index (χ1n) is 9.43. The first-order chi connectivity index (χ1) is 13.8. The average Bonchev–Trinajstić information content (AvgIpc) is 3.16. The SMILES string of the molecule is O=C(CN1CCN(c2ccccn2)CC1)Nc1nc(Cc2ccccc2)cs1. The van der Waals surface area contributed by atoms with Gasteiger partial charge < -0.3 is 10.2 Å². The van der Waals surface area contributed by atoms with Crippen molar-refractivity contribution in [3.8, 4) is 0 Å². The van der Waals surface area contributed by atoms with E-state index in [-0.39, 0.29) is 5.91 Å². The summed E-state index contributed by atoms with van der Waals surface area (Å²) >= 11 is 1.48. The predicted molar refractivity (Wildman–Crippen MR) is 113 cm³/mol. The normalized spacial score (nSPS) is 14.8. The second-order valence-electron chi connectivity index (χ2n) is 6.81. The van der Waals surface area contributed by atoms with Crippen LogP contribution < -0.4 is 10.2 Å². The van der Waals surface area contributed by atoms with Crippen LogP contribution in [0.4, 0.5) is 10.9 Å². The number of nitrogens with zero attached hydrogens (tertiary/aromatic N) is 4. The van der Waals surface area contributed by atoms with Crippen LogP contribution in [0.1, 0.15) is 11.3 Å². The molecular weight excluding hydrogens is 370 g/mol. The molecule has 144 valence electrons. The Morgan fingerprint density at radius 3 is 2.57 bits per heavy atom. The number of benzene rings is 1. The minimum Gasteiger partial charge on any atom is -0.354 e. The largest absolute Gasteiger partial charge is 0.354 e. The Balaban J connectivity index is 1.24. The van der Waals surface area contributed by atoms with Crippen LogP contribution in [0, 0.1) is 0 Å². The van der Waals surface area contributed by atoms with Gasteiger partial charge in [-0.2, -0.15) is 0 Å². The first-order valence-corrected chi connectivity index (χ1v) is 10.3. The molecule has 1 aliphatic heterocycles. The standard InChI is InChI=1S/C21H23N5OS/c27-20(15-25-10-12-26(13-11-25)19-8-4-5-9-22-19)24-21-23-18(16-28-21)14-17-6-2-1-3-7-17/h1-9,16H,10-15H2,(H,23,24,27). The number of pyridine rings is 1. The van der Waals surface area contributed by atoms with E-state index in [1.807, 2.05) is 48.0 Å². The maximum absolute atomic E-state index is 12.4. The van der Waals surface area contributed by atoms with Gasteiger partial charge in [-0.1, -0.05) is 36.4 Å². The highest BCUT2D eigenvalue weighted by molar-refractivity contribution is 7.13. The topological polar surface area (TPSA) is 61.4 Å². The number of amides is 1. The van der Waals surface area contributed by atoms with Gasteiger partial charge in [0.1, 0.15) is 5.82 Å². The molecule has 2 aromatic heterocycles. The van der Waals surface area contributed by atoms with Crippen LogP contribution in [0.15, 0.2) is 60.1 Å². The van der Waals surface area contributed by atoms with Gasteiger partial charge >= 0.3 is 0 Å². The lowest BCUT2D eigenvalue weighted by atomic mass is 10.1. The molecule has 0 aliphatic carbocycles. The zero-order chi connectivity index (χ0) is 19.2. The molecular formula is C21H23N5OS. The van der Waals surface area contributed by atoms with Crippen molar-refractivity contribution in [2.45, 2.75) is 6.42 Å². The van der Waals surface area contributed by atoms with E-state index in [4.69, 9.17) is 0 Å². The summed E-state index contributed by atoms with van der Waals surface area (Å²) in [6, 6.07) is 16.2. The van der Waals surface area contributed by atoms with Crippen LogP contribution in [0.25, 0.3) is 0 Å². The van der Waals surface area contributed by atoms with Crippen molar-refractivity contribution in [3.05, 3.63) is 71.4 Å². The zero-order valence-electron chi connectivity index (χ0n) is 15.6. The third-order valence-electron chi connectivity index (χ3n) is 4.74. The summed E-state index contributed by atoms with van der Waals surface area (Å²) in [6.45, 7) is 3.84. The zero-order valence-corrected chi connectivity index (χ0v) is 16.4. The number of rotatable bonds is 6. The van der Waals surface area contributed by atoms with E-state index >= 15 is 0 Å². The fourth-order valence-electron chi connectivity index (χ4n) is 3.29. The summed E-state index contributed by atoms with van der Waals surface area (Å²) in [5.74, 6) is 0.993. The smallest absolute Gasteiger partial charge is 0.240 e. The van der Waals surface area contributed by atoms with E-state index in [1.54, 1.807) is 0 Å². The third kappa shape index (κ3) is 4.94. The number of hydrogen-bond acceptors (Lipinski definition) is 6. The maximum atomic E-state index is 12.4. The molecule has 3 aromatic rings. The highest BCUT2D eigenvalue weighted by atomic mass is 32.1. The summed E-state index contributed by atoms with van der Waals surface area (Å²) in [5, 5.41) is 5.62. The molecule has 1 fully saturated rings. The Morgan fingerprint density at radius 2 is 1.82 bits per heavy atom. The molecule has 0 bridgehead atoms. The Labute approximate surface area is 168 Å². The van der Waals surface area contributed by atoms with Crippen LogP contribution in [-0.2, 0) is 11.2 Å². The summed E-state index contributed by atoms with van der Waals surface area (Å²) in [4.78, 5) is 25.8. The molecule has 0 spiro atoms. The van der Waals surface area contributed by atoms with Crippen molar-refractivity contribution >= 4 is 28.2 Å². The monoisotopic (exact) mass is 393 g/mol. The molecule has 1 aliphatic rings. The van der Waals surface area contributed by atoms with Crippen LogP contribution in [-0.4, -0.2) is 53.5 Å². The van der Waals surface area contributed by atoms with Crippen molar-refractivity contribution in [3.63, 3.8) is 0 Å². The average molecular weight is 394 g/mol. The molecule has 7 heteroatoms. The van der Waals surface area contributed by atoms with Crippen LogP contribution in [0.3, 0.4) is 0 Å². The molecule has 1 saturated heterocycles. The van der Waals surface area contributed by atoms with Crippen molar-refractivity contribution in [1.29, 1.82) is 0 Å². The third-order valence-corrected chi connectivity index (χ3v) is 5.55. The number of piperazine rings is 1. The second kappa shape index (κ2) is 8.95. The summed E-state index contributed by atoms with van der Waals surface area (Å²) < 4.78 is 0. The van der Waals surface area contributed by atoms with Gasteiger partial charge in [0.2, 0.25) is 5.91 Å². The van der Waals surface area contributed by atoms with Gasteiger partial charge in [0.05, 0.1) is 12.2 Å². The lowest BCUT2D eigenvalue weighted by Gasteiger charge is -2.34. The van der Waals surface area contributed by atoms with Gasteiger partial charge in [-0.3, -0.25) is 9.69 Å². The van der Waals surface area contributed by atoms with Crippen molar-refractivity contribution in [1.82, 2.24) is 14.9 Å². The summed E-state index contributed by atoms with van der Waals surface area (Å²) in [6.07, 6.45) is 2.60. The fraction of sp³-hybridized carbons (Fsp3) is 0.286. The molecule has 0 radical (unpaired) electrons. The number of anilines is 2. The Bertz CT molecular complexity index is 891. The van der Waals surface area contributed by atoms with E-state index in [2.05, 4.69) is 37.2 Å². The summed E-state index contributed by atoms with van der Waals surface area (Å²) in [7, 11) is 0. The number of carbonyl (C=O) groups is 1. The van der Waals surface area contributed by atoms with Gasteiger partial charge in [0.25, 0.3) is 0 Å². The van der Waals surface area contributed by atoms with Gasteiger partial charge in [-0.05, 0) is 17.7 Å². The highest BCUT2D eigenvalue weighted by Gasteiger charge is 2.20. The van der Waals surface area contributed by atoms with E-state index < -0.39 is 0 Å². The van der Waals surface area contributed by atoms with Crippen molar-refractivity contribution in [2.75, 3.05) is 42.9 Å². The summed E-state index contributed by atoms with van der Waals surface area (Å²) in [5.41, 5.74) is 2.20. The van der Waals surface area contributed by atoms with Crippen LogP contribution in [0.5, 0.6) is 0 Å². The van der Waals surface area contributed by atoms with Crippen LogP contribution >= 0.6 is 11.3 Å². The molecule has 1 N–H and O–H groups in total. The highest BCUT2D eigenvalue weighted by Crippen LogP contribution is 2.18. The Kier molecular flexibility index (Phi) is 5.94. The molecule has 4 rings (SSSR count). The van der Waals surface area contributed by atoms with Gasteiger partial charge in [-0.15, -0.1) is 11.3 Å². The Hall–Kier alpha value is -2.77. The predicted octanol–water partition coefficient (Wildman–Crippen LogP) is 2.89. The minimum atomic E-state index is -0.00750. The van der Waals surface area contributed by atoms with Gasteiger partial charge in [0.15, 0.2) is 5.13 Å². The maximum Gasteiger partial charge on any atom is 0.240 e. The fourth-order valence-corrected chi connectivity index (χ4v) is 4.01. The molecule has 6 nitrogen and oxygen atoms in total. The van der Waals surface area contributed by atoms with E-state index in [1.165, 1.54) is 16.9 Å². The number of thiazole rings is 1. The Morgan fingerprint density at radius 1 is 1.04 bits per heavy atom. The van der Waals surface area contributed by atoms with E-state index in [9.17, 15) is 4.79 Å². The molecule has 3 heterocycles. The molecule has 28 heavy (non-hydrogen) atoms. The van der Waals surface area contributed by atoms with Crippen molar-refractivity contribution < 1.29 is 4.79 Å². The van der Waals surface area contributed by atoms with Gasteiger partial charge in [-0.25, -0.2) is 9.97 Å². The molecule has 1 aromatic carbocycles. The first kappa shape index (κ1) is 18.6. The minimum absolute atomic E-state index is 0.00750. The second-order valence-corrected chi connectivity index (χ2v) is 7.66. The number of nitrogens with one attached hydrogen (secondary N) is 1. The molecule has 1 amide bonds. The number of hydrogen-bond donors (Lipinski definition) is 1. The lowest BCUT2D eigenvalue weighted by molar-refractivity contribution is -0.117. The molecule has 0 atom stereocenters. The number of carbonyl (C=O) groups excluding carboxylic acids is 1. The molecule has 0 unspecified atom stereocenters. The van der Waals surface area contributed by atoms with E-state index in [0.29, 0.717) is 11.7 Å². The van der Waals surface area contributed by atoms with Crippen molar-refractivity contribution in [2.24, 2.45) is 0 Å². The van der Waals surface area contributed by atoms with Gasteiger partial charge in [0, 0.05) is 44.2 Å². The lowest BCUT2D eigenvalue weighted by Crippen LogP contribution is -2.48. The molecule has 0 saturated carbocycles. The van der Waals surface area contributed by atoms with Crippen LogP contribution in [0.2, 0.25) is 0 Å². The van der Waals surface area contributed by atoms with E-state index in [0.717, 1.165) is 44.1 Å².